The van der Waals surface area contributed by atoms with Crippen LogP contribution >= 0.6 is 0 Å². The molecule has 0 aromatic carbocycles. The third-order valence-electron chi connectivity index (χ3n) is 5.09. The van der Waals surface area contributed by atoms with Crippen molar-refractivity contribution in [3.8, 4) is 0 Å². The summed E-state index contributed by atoms with van der Waals surface area (Å²) in [5, 5.41) is 3.72. The fraction of sp³-hybridized carbons (Fsp3) is 0.778. The van der Waals surface area contributed by atoms with E-state index in [4.69, 9.17) is 10.5 Å². The van der Waals surface area contributed by atoms with Gasteiger partial charge in [0.2, 0.25) is 5.95 Å². The lowest BCUT2D eigenvalue weighted by Gasteiger charge is -2.33. The van der Waals surface area contributed by atoms with Crippen molar-refractivity contribution in [1.82, 2.24) is 15.3 Å². The summed E-state index contributed by atoms with van der Waals surface area (Å²) < 4.78 is 5.67. The fourth-order valence-electron chi connectivity index (χ4n) is 3.72. The quantitative estimate of drug-likeness (QED) is 0.746. The van der Waals surface area contributed by atoms with Crippen molar-refractivity contribution in [3.05, 3.63) is 11.8 Å². The minimum absolute atomic E-state index is 0.372. The van der Waals surface area contributed by atoms with Crippen LogP contribution in [0.25, 0.3) is 0 Å². The lowest BCUT2D eigenvalue weighted by atomic mass is 10.0. The molecule has 1 aromatic heterocycles. The highest BCUT2D eigenvalue weighted by molar-refractivity contribution is 5.43. The zero-order chi connectivity index (χ0) is 16.8. The molecule has 3 heterocycles. The van der Waals surface area contributed by atoms with Crippen molar-refractivity contribution in [2.75, 3.05) is 36.9 Å². The van der Waals surface area contributed by atoms with Gasteiger partial charge in [0.25, 0.3) is 0 Å². The van der Waals surface area contributed by atoms with E-state index in [9.17, 15) is 0 Å². The van der Waals surface area contributed by atoms with Crippen LogP contribution in [0.5, 0.6) is 0 Å². The molecule has 3 N–H and O–H groups in total. The first-order valence-corrected chi connectivity index (χ1v) is 9.42. The Morgan fingerprint density at radius 2 is 2.08 bits per heavy atom. The molecule has 2 aliphatic heterocycles. The number of piperidine rings is 1. The maximum Gasteiger partial charge on any atom is 0.222 e. The van der Waals surface area contributed by atoms with E-state index in [0.717, 1.165) is 50.6 Å². The smallest absolute Gasteiger partial charge is 0.222 e. The zero-order valence-electron chi connectivity index (χ0n) is 14.8. The van der Waals surface area contributed by atoms with E-state index in [0.29, 0.717) is 18.1 Å². The minimum Gasteiger partial charge on any atom is -0.378 e. The van der Waals surface area contributed by atoms with Crippen molar-refractivity contribution in [2.45, 2.75) is 64.0 Å². The van der Waals surface area contributed by atoms with E-state index in [1.54, 1.807) is 0 Å². The number of unbranched alkanes of at least 4 members (excludes halogenated alkanes) is 1. The van der Waals surface area contributed by atoms with Crippen LogP contribution in [0.15, 0.2) is 6.07 Å². The summed E-state index contributed by atoms with van der Waals surface area (Å²) in [5.74, 6) is 1.34. The van der Waals surface area contributed by atoms with Crippen LogP contribution in [-0.2, 0) is 4.74 Å². The maximum atomic E-state index is 5.76. The van der Waals surface area contributed by atoms with E-state index in [-0.39, 0.29) is 0 Å². The van der Waals surface area contributed by atoms with Gasteiger partial charge in [-0.15, -0.1) is 0 Å². The molecule has 3 rings (SSSR count). The van der Waals surface area contributed by atoms with Gasteiger partial charge in [-0.3, -0.25) is 0 Å². The molecule has 0 aliphatic carbocycles. The van der Waals surface area contributed by atoms with Crippen LogP contribution in [0, 0.1) is 6.92 Å². The van der Waals surface area contributed by atoms with Gasteiger partial charge in [0, 0.05) is 37.5 Å². The van der Waals surface area contributed by atoms with Crippen molar-refractivity contribution in [3.63, 3.8) is 0 Å². The Morgan fingerprint density at radius 1 is 1.25 bits per heavy atom. The summed E-state index contributed by atoms with van der Waals surface area (Å²) in [4.78, 5) is 10.8. The van der Waals surface area contributed by atoms with Gasteiger partial charge in [0.15, 0.2) is 0 Å². The number of anilines is 2. The normalized spacial score (nSPS) is 22.2. The number of nitrogens with two attached hydrogens (primary N) is 1. The van der Waals surface area contributed by atoms with Crippen molar-refractivity contribution in [1.29, 1.82) is 0 Å². The van der Waals surface area contributed by atoms with Crippen LogP contribution in [-0.4, -0.2) is 48.4 Å². The third kappa shape index (κ3) is 5.05. The molecule has 134 valence electrons. The van der Waals surface area contributed by atoms with E-state index in [1.165, 1.54) is 32.1 Å². The van der Waals surface area contributed by atoms with Gasteiger partial charge in [-0.25, -0.2) is 4.98 Å². The predicted molar refractivity (Wildman–Crippen MR) is 97.2 cm³/mol. The lowest BCUT2D eigenvalue weighted by molar-refractivity contribution is 0.102. The summed E-state index contributed by atoms with van der Waals surface area (Å²) in [6.07, 6.45) is 9.13. The molecule has 0 amide bonds. The third-order valence-corrected chi connectivity index (χ3v) is 5.09. The first-order valence-electron chi connectivity index (χ1n) is 9.42. The maximum absolute atomic E-state index is 5.76. The highest BCUT2D eigenvalue weighted by Gasteiger charge is 2.20. The summed E-state index contributed by atoms with van der Waals surface area (Å²) in [7, 11) is 0. The van der Waals surface area contributed by atoms with E-state index in [2.05, 4.69) is 20.2 Å². The molecule has 0 saturated carbocycles. The average molecular weight is 333 g/mol. The fourth-order valence-corrected chi connectivity index (χ4v) is 3.72. The number of nitrogen functional groups attached to an aromatic ring is 1. The molecule has 0 spiro atoms. The van der Waals surface area contributed by atoms with Gasteiger partial charge in [-0.05, 0) is 58.4 Å². The van der Waals surface area contributed by atoms with E-state index in [1.807, 2.05) is 13.0 Å². The largest absolute Gasteiger partial charge is 0.378 e. The number of nitrogens with one attached hydrogen (secondary N) is 1. The second kappa shape index (κ2) is 8.62. The van der Waals surface area contributed by atoms with Gasteiger partial charge >= 0.3 is 0 Å². The minimum atomic E-state index is 0.372. The SMILES string of the molecule is Cc1cc(N2CCC(NCCCC[C@@H]3CCCO3)CC2)nc(N)n1. The number of aryl methyl sites for hydroxylation is 1. The van der Waals surface area contributed by atoms with Gasteiger partial charge in [-0.1, -0.05) is 0 Å². The standard InChI is InChI=1S/C18H31N5O/c1-14-13-17(22-18(19)21-14)23-10-7-15(8-11-23)20-9-3-2-5-16-6-4-12-24-16/h13,15-16,20H,2-12H2,1H3,(H2,19,21,22)/t16-/m1/s1. The van der Waals surface area contributed by atoms with Crippen LogP contribution in [0.1, 0.15) is 50.6 Å². The van der Waals surface area contributed by atoms with Gasteiger partial charge < -0.3 is 20.7 Å². The number of nitrogens with zero attached hydrogens (tertiary/aromatic N) is 3. The monoisotopic (exact) mass is 333 g/mol. The molecular formula is C18H31N5O. The number of rotatable bonds is 7. The van der Waals surface area contributed by atoms with Gasteiger partial charge in [0.05, 0.1) is 6.10 Å². The van der Waals surface area contributed by atoms with Gasteiger partial charge in [0.1, 0.15) is 5.82 Å². The Morgan fingerprint density at radius 3 is 2.79 bits per heavy atom. The van der Waals surface area contributed by atoms with Gasteiger partial charge in [-0.2, -0.15) is 4.98 Å². The van der Waals surface area contributed by atoms with Crippen molar-refractivity contribution < 1.29 is 4.74 Å². The zero-order valence-corrected chi connectivity index (χ0v) is 14.8. The first-order chi connectivity index (χ1) is 11.7. The number of aromatic nitrogens is 2. The molecule has 2 fully saturated rings. The predicted octanol–water partition coefficient (Wildman–Crippen LogP) is 2.27. The molecule has 2 saturated heterocycles. The molecule has 2 aliphatic rings. The highest BCUT2D eigenvalue weighted by atomic mass is 16.5. The van der Waals surface area contributed by atoms with E-state index >= 15 is 0 Å². The lowest BCUT2D eigenvalue weighted by Crippen LogP contribution is -2.43. The highest BCUT2D eigenvalue weighted by Crippen LogP contribution is 2.20. The molecule has 6 heteroatoms. The summed E-state index contributed by atoms with van der Waals surface area (Å²) in [6.45, 7) is 6.12. The summed E-state index contributed by atoms with van der Waals surface area (Å²) in [6, 6.07) is 2.65. The average Bonchev–Trinajstić information content (AvgIpc) is 3.07. The molecular weight excluding hydrogens is 302 g/mol. The molecule has 0 unspecified atom stereocenters. The molecule has 0 bridgehead atoms. The topological polar surface area (TPSA) is 76.3 Å². The molecule has 1 aromatic rings. The Hall–Kier alpha value is -1.40. The summed E-state index contributed by atoms with van der Waals surface area (Å²) >= 11 is 0. The van der Waals surface area contributed by atoms with Crippen molar-refractivity contribution in [2.24, 2.45) is 0 Å². The number of hydrogen-bond donors (Lipinski definition) is 2. The first kappa shape index (κ1) is 17.4. The Bertz CT molecular complexity index is 490. The second-order valence-electron chi connectivity index (χ2n) is 7.07. The second-order valence-corrected chi connectivity index (χ2v) is 7.07. The van der Waals surface area contributed by atoms with E-state index < -0.39 is 0 Å². The number of hydrogen-bond acceptors (Lipinski definition) is 6. The molecule has 1 atom stereocenters. The summed E-state index contributed by atoms with van der Waals surface area (Å²) in [5.41, 5.74) is 6.70. The van der Waals surface area contributed by atoms with Crippen LogP contribution in [0.2, 0.25) is 0 Å². The Labute approximate surface area is 145 Å². The molecule has 6 nitrogen and oxygen atoms in total. The molecule has 24 heavy (non-hydrogen) atoms. The van der Waals surface area contributed by atoms with Crippen LogP contribution in [0.4, 0.5) is 11.8 Å². The molecule has 0 radical (unpaired) electrons. The van der Waals surface area contributed by atoms with Crippen molar-refractivity contribution >= 4 is 11.8 Å². The Balaban J connectivity index is 1.31. The van der Waals surface area contributed by atoms with Crippen LogP contribution in [0.3, 0.4) is 0 Å². The van der Waals surface area contributed by atoms with Crippen LogP contribution < -0.4 is 16.0 Å². The Kier molecular flexibility index (Phi) is 6.26. The number of ether oxygens (including phenoxy) is 1.